The highest BCUT2D eigenvalue weighted by Gasteiger charge is 2.40. The van der Waals surface area contributed by atoms with Gasteiger partial charge in [-0.2, -0.15) is 5.26 Å². The van der Waals surface area contributed by atoms with E-state index in [1.807, 2.05) is 24.3 Å². The van der Waals surface area contributed by atoms with Gasteiger partial charge in [0.25, 0.3) is 0 Å². The molecule has 0 radical (unpaired) electrons. The molecule has 3 aliphatic rings. The Balaban J connectivity index is 1.43. The Morgan fingerprint density at radius 3 is 2.70 bits per heavy atom. The van der Waals surface area contributed by atoms with Crippen LogP contribution in [0, 0.1) is 16.7 Å². The Hall–Kier alpha value is -3.21. The molecule has 2 aromatic rings. The van der Waals surface area contributed by atoms with Crippen molar-refractivity contribution in [2.24, 2.45) is 5.73 Å². The first-order chi connectivity index (χ1) is 16.0. The molecule has 2 aromatic carbocycles. The van der Waals surface area contributed by atoms with Crippen LogP contribution in [0.25, 0.3) is 6.08 Å². The van der Waals surface area contributed by atoms with Gasteiger partial charge in [0.15, 0.2) is 0 Å². The van der Waals surface area contributed by atoms with Crippen LogP contribution in [0.2, 0.25) is 0 Å². The molecule has 4 atom stereocenters. The first-order valence-electron chi connectivity index (χ1n) is 11.5. The van der Waals surface area contributed by atoms with Crippen molar-refractivity contribution in [3.8, 4) is 6.07 Å². The topological polar surface area (TPSA) is 83.4 Å². The molecule has 0 unspecified atom stereocenters. The van der Waals surface area contributed by atoms with Crippen LogP contribution in [0.15, 0.2) is 42.5 Å². The van der Waals surface area contributed by atoms with Crippen molar-refractivity contribution in [3.05, 3.63) is 64.7 Å². The highest BCUT2D eigenvalue weighted by atomic mass is 19.1. The second-order valence-corrected chi connectivity index (χ2v) is 9.32. The second-order valence-electron chi connectivity index (χ2n) is 9.32. The van der Waals surface area contributed by atoms with Gasteiger partial charge in [-0.1, -0.05) is 12.1 Å². The van der Waals surface area contributed by atoms with Gasteiger partial charge < -0.3 is 20.9 Å². The van der Waals surface area contributed by atoms with Gasteiger partial charge >= 0.3 is 0 Å². The van der Waals surface area contributed by atoms with E-state index in [9.17, 15) is 9.65 Å². The monoisotopic (exact) mass is 444 g/mol. The maximum atomic E-state index is 14.0. The summed E-state index contributed by atoms with van der Waals surface area (Å²) in [7, 11) is 0. The number of halogens is 1. The van der Waals surface area contributed by atoms with E-state index in [-0.39, 0.29) is 6.04 Å². The number of nitrogens with zero attached hydrogens (tertiary/aromatic N) is 4. The summed E-state index contributed by atoms with van der Waals surface area (Å²) in [6.45, 7) is 5.82. The lowest BCUT2D eigenvalue weighted by Gasteiger charge is -2.44. The van der Waals surface area contributed by atoms with Gasteiger partial charge in [-0.05, 0) is 60.0 Å². The van der Waals surface area contributed by atoms with Gasteiger partial charge in [0.1, 0.15) is 6.17 Å². The Bertz CT molecular complexity index is 1130. The molecule has 6 nitrogen and oxygen atoms in total. The van der Waals surface area contributed by atoms with Gasteiger partial charge in [-0.15, -0.1) is 0 Å². The predicted octanol–water partition coefficient (Wildman–Crippen LogP) is 3.47. The maximum Gasteiger partial charge on any atom is 0.134 e. The molecular formula is C26H29FN6. The predicted molar refractivity (Wildman–Crippen MR) is 130 cm³/mol. The lowest BCUT2D eigenvalue weighted by Crippen LogP contribution is -2.51. The molecule has 3 aliphatic heterocycles. The third-order valence-corrected chi connectivity index (χ3v) is 7.21. The average molecular weight is 445 g/mol. The van der Waals surface area contributed by atoms with Gasteiger partial charge in [0.05, 0.1) is 30.3 Å². The summed E-state index contributed by atoms with van der Waals surface area (Å²) in [5, 5.41) is 16.7. The molecule has 0 spiro atoms. The summed E-state index contributed by atoms with van der Waals surface area (Å²) in [6.07, 6.45) is 3.88. The second kappa shape index (κ2) is 8.62. The van der Waals surface area contributed by atoms with Crippen LogP contribution in [0.3, 0.4) is 0 Å². The first-order valence-corrected chi connectivity index (χ1v) is 11.5. The van der Waals surface area contributed by atoms with E-state index in [4.69, 9.17) is 11.1 Å². The minimum absolute atomic E-state index is 0.280. The molecule has 0 amide bonds. The Labute approximate surface area is 194 Å². The molecule has 5 rings (SSSR count). The van der Waals surface area contributed by atoms with Crippen molar-refractivity contribution in [2.75, 3.05) is 36.0 Å². The lowest BCUT2D eigenvalue weighted by molar-refractivity contribution is 0.134. The molecule has 0 aromatic heterocycles. The summed E-state index contributed by atoms with van der Waals surface area (Å²) in [6, 6.07) is 14.7. The third kappa shape index (κ3) is 3.90. The molecule has 3 N–H and O–H groups in total. The number of allylic oxidation sites excluding steroid dienone is 1. The lowest BCUT2D eigenvalue weighted by atomic mass is 9.99. The molecule has 170 valence electrons. The number of nitrogens with one attached hydrogen (secondary N) is 1. The molecule has 3 heterocycles. The number of piperazine rings is 1. The van der Waals surface area contributed by atoms with Crippen LogP contribution in [-0.2, 0) is 6.54 Å². The van der Waals surface area contributed by atoms with Gasteiger partial charge in [-0.3, -0.25) is 4.90 Å². The average Bonchev–Trinajstić information content (AvgIpc) is 3.36. The van der Waals surface area contributed by atoms with E-state index >= 15 is 0 Å². The highest BCUT2D eigenvalue weighted by Crippen LogP contribution is 2.42. The Morgan fingerprint density at radius 1 is 1.12 bits per heavy atom. The summed E-state index contributed by atoms with van der Waals surface area (Å²) < 4.78 is 14.0. The van der Waals surface area contributed by atoms with Crippen LogP contribution in [0.1, 0.15) is 35.2 Å². The molecule has 7 heteroatoms. The number of hydrogen-bond donors (Lipinski definition) is 2. The summed E-state index contributed by atoms with van der Waals surface area (Å²) in [4.78, 5) is 7.00. The molecule has 2 saturated heterocycles. The zero-order valence-corrected chi connectivity index (χ0v) is 18.8. The molecule has 0 bridgehead atoms. The minimum Gasteiger partial charge on any atom is -0.368 e. The van der Waals surface area contributed by atoms with E-state index in [2.05, 4.69) is 45.9 Å². The van der Waals surface area contributed by atoms with Crippen molar-refractivity contribution in [1.82, 2.24) is 4.90 Å². The maximum absolute atomic E-state index is 14.0. The summed E-state index contributed by atoms with van der Waals surface area (Å²) in [5.41, 5.74) is 12.3. The Morgan fingerprint density at radius 2 is 1.97 bits per heavy atom. The normalized spacial score (nSPS) is 27.0. The van der Waals surface area contributed by atoms with Crippen LogP contribution >= 0.6 is 0 Å². The Kier molecular flexibility index (Phi) is 5.65. The van der Waals surface area contributed by atoms with E-state index in [1.165, 1.54) is 17.3 Å². The summed E-state index contributed by atoms with van der Waals surface area (Å²) >= 11 is 0. The quantitative estimate of drug-likeness (QED) is 0.706. The first kappa shape index (κ1) is 21.6. The summed E-state index contributed by atoms with van der Waals surface area (Å²) in [5.74, 6) is 0. The number of nitrogens with two attached hydrogens (primary N) is 1. The SMILES string of the molecule is C[C@@H]1CN(c2ccc(C#N)cc2/C=C\C=N)C[C@@H]2c3ccc(N4C[C@@H](F)[C@@H](N)C4)cc3CN12. The van der Waals surface area contributed by atoms with Crippen LogP contribution in [0.5, 0.6) is 0 Å². The number of nitriles is 1. The largest absolute Gasteiger partial charge is 0.368 e. The molecule has 2 fully saturated rings. The number of alkyl halides is 1. The van der Waals surface area contributed by atoms with Crippen molar-refractivity contribution < 1.29 is 4.39 Å². The highest BCUT2D eigenvalue weighted by molar-refractivity contribution is 5.80. The number of hydrogen-bond acceptors (Lipinski definition) is 6. The standard InChI is InChI=1S/C26H29FN6/c1-17-12-32(25-7-4-18(11-29)9-19(25)3-2-8-28)16-26-22-6-5-21(10-20(22)13-33(17)26)31-14-23(27)24(30)15-31/h2-10,17,23-24,26,28H,12-16,30H2,1H3/b3-2-,28-8?/t17-,23-,24+,26-/m1/s1. The van der Waals surface area contributed by atoms with Gasteiger partial charge in [-0.25, -0.2) is 4.39 Å². The zero-order valence-electron chi connectivity index (χ0n) is 18.8. The van der Waals surface area contributed by atoms with Crippen molar-refractivity contribution in [3.63, 3.8) is 0 Å². The van der Waals surface area contributed by atoms with Crippen molar-refractivity contribution in [1.29, 1.82) is 10.7 Å². The fraction of sp³-hybridized carbons (Fsp3) is 0.385. The molecule has 0 saturated carbocycles. The smallest absolute Gasteiger partial charge is 0.134 e. The van der Waals surface area contributed by atoms with Crippen LogP contribution < -0.4 is 15.5 Å². The number of rotatable bonds is 4. The minimum atomic E-state index is -0.971. The van der Waals surface area contributed by atoms with E-state index < -0.39 is 12.2 Å². The molecule has 0 aliphatic carbocycles. The van der Waals surface area contributed by atoms with Gasteiger partial charge in [0.2, 0.25) is 0 Å². The third-order valence-electron chi connectivity index (χ3n) is 7.21. The van der Waals surface area contributed by atoms with Crippen LogP contribution in [0.4, 0.5) is 15.8 Å². The van der Waals surface area contributed by atoms with Crippen LogP contribution in [-0.4, -0.2) is 55.5 Å². The molecule has 33 heavy (non-hydrogen) atoms. The zero-order chi connectivity index (χ0) is 23.1. The number of benzene rings is 2. The van der Waals surface area contributed by atoms with Crippen molar-refractivity contribution >= 4 is 23.7 Å². The van der Waals surface area contributed by atoms with Crippen molar-refractivity contribution in [2.45, 2.75) is 37.8 Å². The van der Waals surface area contributed by atoms with E-state index in [1.54, 1.807) is 6.08 Å². The number of fused-ring (bicyclic) bond motifs is 3. The van der Waals surface area contributed by atoms with E-state index in [0.29, 0.717) is 24.7 Å². The molecular weight excluding hydrogens is 415 g/mol. The van der Waals surface area contributed by atoms with E-state index in [0.717, 1.165) is 36.6 Å². The van der Waals surface area contributed by atoms with Gasteiger partial charge in [0, 0.05) is 49.8 Å². The fourth-order valence-electron chi connectivity index (χ4n) is 5.50. The number of anilines is 2. The fourth-order valence-corrected chi connectivity index (χ4v) is 5.50.